The van der Waals surface area contributed by atoms with Gasteiger partial charge in [0.15, 0.2) is 5.84 Å². The number of hydrogen-bond acceptors (Lipinski definition) is 4. The van der Waals surface area contributed by atoms with E-state index in [4.69, 9.17) is 15.7 Å². The van der Waals surface area contributed by atoms with E-state index < -0.39 is 0 Å². The molecule has 98 valence electrons. The van der Waals surface area contributed by atoms with Gasteiger partial charge in [0.2, 0.25) is 5.91 Å². The van der Waals surface area contributed by atoms with E-state index in [2.05, 4.69) is 5.16 Å². The van der Waals surface area contributed by atoms with Gasteiger partial charge in [0.25, 0.3) is 0 Å². The number of benzene rings is 1. The average molecular weight is 251 g/mol. The molecule has 0 aromatic heterocycles. The van der Waals surface area contributed by atoms with Crippen molar-refractivity contribution in [1.82, 2.24) is 4.90 Å². The van der Waals surface area contributed by atoms with Crippen LogP contribution in [0.25, 0.3) is 0 Å². The van der Waals surface area contributed by atoms with Crippen molar-refractivity contribution < 1.29 is 14.7 Å². The van der Waals surface area contributed by atoms with Gasteiger partial charge in [-0.2, -0.15) is 0 Å². The molecule has 1 aromatic rings. The average Bonchev–Trinajstić information content (AvgIpc) is 2.38. The molecular formula is C12H17N3O3. The van der Waals surface area contributed by atoms with E-state index in [9.17, 15) is 4.79 Å². The molecule has 0 fully saturated rings. The molecule has 0 aliphatic heterocycles. The summed E-state index contributed by atoms with van der Waals surface area (Å²) in [5.74, 6) is 0.589. The lowest BCUT2D eigenvalue weighted by Crippen LogP contribution is -2.36. The van der Waals surface area contributed by atoms with E-state index in [0.29, 0.717) is 5.75 Å². The minimum absolute atomic E-state index is 0.00325. The minimum atomic E-state index is -0.116. The molecule has 1 amide bonds. The Morgan fingerprint density at radius 3 is 2.89 bits per heavy atom. The van der Waals surface area contributed by atoms with E-state index >= 15 is 0 Å². The topological polar surface area (TPSA) is 88.2 Å². The molecule has 1 rings (SSSR count). The van der Waals surface area contributed by atoms with Crippen LogP contribution in [0.5, 0.6) is 5.75 Å². The Bertz CT molecular complexity index is 446. The van der Waals surface area contributed by atoms with E-state index in [1.54, 1.807) is 20.2 Å². The Balaban J connectivity index is 2.63. The maximum absolute atomic E-state index is 11.9. The maximum Gasteiger partial charge on any atom is 0.227 e. The summed E-state index contributed by atoms with van der Waals surface area (Å²) in [6.07, 6.45) is 0.242. The van der Waals surface area contributed by atoms with Crippen molar-refractivity contribution in [3.63, 3.8) is 0 Å². The summed E-state index contributed by atoms with van der Waals surface area (Å²) < 4.78 is 5.08. The molecule has 0 saturated carbocycles. The van der Waals surface area contributed by atoms with Crippen molar-refractivity contribution in [1.29, 1.82) is 0 Å². The Kier molecular flexibility index (Phi) is 4.98. The second-order valence-corrected chi connectivity index (χ2v) is 3.87. The number of oxime groups is 1. The largest absolute Gasteiger partial charge is 0.497 e. The molecule has 0 spiro atoms. The van der Waals surface area contributed by atoms with Gasteiger partial charge in [-0.05, 0) is 17.7 Å². The summed E-state index contributed by atoms with van der Waals surface area (Å²) in [5.41, 5.74) is 6.19. The lowest BCUT2D eigenvalue weighted by molar-refractivity contribution is -0.128. The molecule has 0 radical (unpaired) electrons. The number of likely N-dealkylation sites (N-methyl/N-ethyl adjacent to an activating group) is 1. The molecule has 0 aliphatic rings. The molecule has 0 unspecified atom stereocenters. The Labute approximate surface area is 106 Å². The summed E-state index contributed by atoms with van der Waals surface area (Å²) >= 11 is 0. The van der Waals surface area contributed by atoms with Gasteiger partial charge < -0.3 is 20.6 Å². The zero-order valence-corrected chi connectivity index (χ0v) is 10.5. The van der Waals surface area contributed by atoms with Gasteiger partial charge in [-0.1, -0.05) is 17.3 Å². The van der Waals surface area contributed by atoms with Crippen molar-refractivity contribution in [2.75, 3.05) is 20.7 Å². The SMILES string of the molecule is COc1cccc(CC(=O)N(C)CC(N)=NO)c1. The molecule has 6 heteroatoms. The molecule has 3 N–H and O–H groups in total. The first-order valence-corrected chi connectivity index (χ1v) is 5.40. The number of ether oxygens (including phenoxy) is 1. The van der Waals surface area contributed by atoms with E-state index in [1.807, 2.05) is 18.2 Å². The number of amides is 1. The number of carbonyl (C=O) groups is 1. The molecular weight excluding hydrogens is 234 g/mol. The predicted molar refractivity (Wildman–Crippen MR) is 67.7 cm³/mol. The smallest absolute Gasteiger partial charge is 0.227 e. The summed E-state index contributed by atoms with van der Waals surface area (Å²) in [6, 6.07) is 7.28. The number of carbonyl (C=O) groups excluding carboxylic acids is 1. The fourth-order valence-corrected chi connectivity index (χ4v) is 1.45. The van der Waals surface area contributed by atoms with Gasteiger partial charge in [-0.15, -0.1) is 0 Å². The molecule has 6 nitrogen and oxygen atoms in total. The predicted octanol–water partition coefficient (Wildman–Crippen LogP) is 0.442. The number of rotatable bonds is 5. The van der Waals surface area contributed by atoms with Gasteiger partial charge in [-0.3, -0.25) is 4.79 Å². The zero-order chi connectivity index (χ0) is 13.5. The number of nitrogens with zero attached hydrogens (tertiary/aromatic N) is 2. The number of hydrogen-bond donors (Lipinski definition) is 2. The number of nitrogens with two attached hydrogens (primary N) is 1. The highest BCUT2D eigenvalue weighted by Crippen LogP contribution is 2.13. The maximum atomic E-state index is 11.9. The molecule has 0 aliphatic carbocycles. The summed E-state index contributed by atoms with van der Waals surface area (Å²) in [6.45, 7) is 0.0965. The molecule has 0 heterocycles. The van der Waals surface area contributed by atoms with Crippen LogP contribution in [0, 0.1) is 0 Å². The van der Waals surface area contributed by atoms with Crippen molar-refractivity contribution >= 4 is 11.7 Å². The van der Waals surface area contributed by atoms with Crippen LogP contribution in [0.4, 0.5) is 0 Å². The van der Waals surface area contributed by atoms with Crippen LogP contribution in [-0.4, -0.2) is 42.6 Å². The van der Waals surface area contributed by atoms with Crippen molar-refractivity contribution in [2.45, 2.75) is 6.42 Å². The van der Waals surface area contributed by atoms with Crippen LogP contribution >= 0.6 is 0 Å². The lowest BCUT2D eigenvalue weighted by atomic mass is 10.1. The molecule has 18 heavy (non-hydrogen) atoms. The summed E-state index contributed by atoms with van der Waals surface area (Å²) in [4.78, 5) is 13.3. The van der Waals surface area contributed by atoms with Gasteiger partial charge in [0, 0.05) is 7.05 Å². The number of amidine groups is 1. The highest BCUT2D eigenvalue weighted by molar-refractivity contribution is 5.87. The second-order valence-electron chi connectivity index (χ2n) is 3.87. The standard InChI is InChI=1S/C12H17N3O3/c1-15(8-11(13)14-17)12(16)7-9-4-3-5-10(6-9)18-2/h3-6,17H,7-8H2,1-2H3,(H2,13,14). The molecule has 1 aromatic carbocycles. The second kappa shape index (κ2) is 6.48. The third kappa shape index (κ3) is 3.97. The van der Waals surface area contributed by atoms with Gasteiger partial charge in [-0.25, -0.2) is 0 Å². The third-order valence-corrected chi connectivity index (χ3v) is 2.44. The summed E-state index contributed by atoms with van der Waals surface area (Å²) in [5, 5.41) is 11.3. The van der Waals surface area contributed by atoms with Crippen LogP contribution in [0.1, 0.15) is 5.56 Å². The van der Waals surface area contributed by atoms with E-state index in [0.717, 1.165) is 5.56 Å². The van der Waals surface area contributed by atoms with Crippen molar-refractivity contribution in [3.05, 3.63) is 29.8 Å². The van der Waals surface area contributed by atoms with Crippen LogP contribution in [0.15, 0.2) is 29.4 Å². The first-order chi connectivity index (χ1) is 8.56. The number of methoxy groups -OCH3 is 1. The molecule has 0 bridgehead atoms. The van der Waals surface area contributed by atoms with E-state index in [-0.39, 0.29) is 24.7 Å². The highest BCUT2D eigenvalue weighted by atomic mass is 16.5. The Hall–Kier alpha value is -2.24. The van der Waals surface area contributed by atoms with Crippen LogP contribution < -0.4 is 10.5 Å². The zero-order valence-electron chi connectivity index (χ0n) is 10.5. The quantitative estimate of drug-likeness (QED) is 0.344. The van der Waals surface area contributed by atoms with Gasteiger partial charge in [0.05, 0.1) is 20.1 Å². The highest BCUT2D eigenvalue weighted by Gasteiger charge is 2.11. The minimum Gasteiger partial charge on any atom is -0.497 e. The fraction of sp³-hybridized carbons (Fsp3) is 0.333. The van der Waals surface area contributed by atoms with Crippen LogP contribution in [-0.2, 0) is 11.2 Å². The molecule has 0 atom stereocenters. The van der Waals surface area contributed by atoms with Gasteiger partial charge in [0.1, 0.15) is 5.75 Å². The van der Waals surface area contributed by atoms with Crippen LogP contribution in [0.2, 0.25) is 0 Å². The van der Waals surface area contributed by atoms with Gasteiger partial charge >= 0.3 is 0 Å². The monoisotopic (exact) mass is 251 g/mol. The Morgan fingerprint density at radius 2 is 2.28 bits per heavy atom. The fourth-order valence-electron chi connectivity index (χ4n) is 1.45. The lowest BCUT2D eigenvalue weighted by Gasteiger charge is -2.16. The van der Waals surface area contributed by atoms with Crippen molar-refractivity contribution in [3.8, 4) is 5.75 Å². The normalized spacial score (nSPS) is 11.1. The molecule has 0 saturated heterocycles. The van der Waals surface area contributed by atoms with E-state index in [1.165, 1.54) is 4.90 Å². The Morgan fingerprint density at radius 1 is 1.56 bits per heavy atom. The first kappa shape index (κ1) is 13.8. The van der Waals surface area contributed by atoms with Crippen LogP contribution in [0.3, 0.4) is 0 Å². The third-order valence-electron chi connectivity index (χ3n) is 2.44. The van der Waals surface area contributed by atoms with Crippen molar-refractivity contribution in [2.24, 2.45) is 10.9 Å². The summed E-state index contributed by atoms with van der Waals surface area (Å²) in [7, 11) is 3.17. The first-order valence-electron chi connectivity index (χ1n) is 5.40.